The van der Waals surface area contributed by atoms with Gasteiger partial charge in [0.25, 0.3) is 15.2 Å². The van der Waals surface area contributed by atoms with E-state index in [4.69, 9.17) is 5.14 Å². The number of nitrogens with two attached hydrogens (primary N) is 1. The van der Waals surface area contributed by atoms with Crippen LogP contribution in [-0.4, -0.2) is 23.2 Å². The van der Waals surface area contributed by atoms with Gasteiger partial charge in [-0.1, -0.05) is 6.92 Å². The zero-order valence-corrected chi connectivity index (χ0v) is 13.5. The van der Waals surface area contributed by atoms with Crippen molar-refractivity contribution >= 4 is 21.4 Å². The second-order valence-electron chi connectivity index (χ2n) is 5.27. The van der Waals surface area contributed by atoms with Gasteiger partial charge in [-0.2, -0.15) is 0 Å². The normalized spacial score (nSPS) is 15.1. The number of fused-ring (bicyclic) bond motifs is 1. The molecule has 0 saturated carbocycles. The lowest BCUT2D eigenvalue weighted by atomic mass is 9.99. The molecule has 2 aromatic rings. The molecule has 2 N–H and O–H groups in total. The van der Waals surface area contributed by atoms with Gasteiger partial charge < -0.3 is 0 Å². The Bertz CT molecular complexity index is 738. The molecule has 1 aliphatic carbocycles. The molecule has 0 saturated heterocycles. The van der Waals surface area contributed by atoms with Crippen molar-refractivity contribution < 1.29 is 8.42 Å². The summed E-state index contributed by atoms with van der Waals surface area (Å²) in [5, 5.41) is 13.0. The van der Waals surface area contributed by atoms with Crippen molar-refractivity contribution in [3.8, 4) is 10.7 Å². The van der Waals surface area contributed by atoms with Gasteiger partial charge in [0.1, 0.15) is 0 Å². The molecule has 8 heteroatoms. The van der Waals surface area contributed by atoms with E-state index in [2.05, 4.69) is 16.3 Å². The largest absolute Gasteiger partial charge is 0.296 e. The van der Waals surface area contributed by atoms with Crippen LogP contribution in [-0.2, 0) is 29.4 Å². The Morgan fingerprint density at radius 2 is 2.10 bits per heavy atom. The summed E-state index contributed by atoms with van der Waals surface area (Å²) in [6.45, 7) is 2.52. The van der Waals surface area contributed by atoms with Crippen LogP contribution in [0.25, 0.3) is 10.7 Å². The van der Waals surface area contributed by atoms with Crippen molar-refractivity contribution in [2.75, 3.05) is 0 Å². The van der Waals surface area contributed by atoms with E-state index in [1.54, 1.807) is 15.9 Å². The minimum absolute atomic E-state index is 0.147. The molecule has 21 heavy (non-hydrogen) atoms. The highest BCUT2D eigenvalue weighted by Gasteiger charge is 2.24. The number of nitrogens with zero attached hydrogens (tertiary/aromatic N) is 3. The van der Waals surface area contributed by atoms with Gasteiger partial charge in [-0.15, -0.1) is 21.5 Å². The van der Waals surface area contributed by atoms with E-state index in [1.165, 1.54) is 23.3 Å². The summed E-state index contributed by atoms with van der Waals surface area (Å²) in [5.41, 5.74) is 1.37. The summed E-state index contributed by atoms with van der Waals surface area (Å²) in [7, 11) is -3.85. The van der Waals surface area contributed by atoms with Crippen LogP contribution < -0.4 is 5.14 Å². The third kappa shape index (κ3) is 2.75. The van der Waals surface area contributed by atoms with Crippen molar-refractivity contribution in [1.29, 1.82) is 0 Å². The predicted molar refractivity (Wildman–Crippen MR) is 81.6 cm³/mol. The summed E-state index contributed by atoms with van der Waals surface area (Å²) in [4.78, 5) is 2.37. The molecule has 0 aliphatic heterocycles. The molecule has 1 aliphatic rings. The first-order valence-electron chi connectivity index (χ1n) is 7.08. The maximum absolute atomic E-state index is 11.6. The molecule has 0 radical (unpaired) electrons. The fourth-order valence-corrected chi connectivity index (χ4v) is 4.59. The average Bonchev–Trinajstić information content (AvgIpc) is 3.01. The van der Waals surface area contributed by atoms with E-state index >= 15 is 0 Å². The zero-order chi connectivity index (χ0) is 15.0. The van der Waals surface area contributed by atoms with Gasteiger partial charge in [-0.3, -0.25) is 4.57 Å². The lowest BCUT2D eigenvalue weighted by Crippen LogP contribution is -2.18. The van der Waals surface area contributed by atoms with Gasteiger partial charge in [-0.05, 0) is 43.7 Å². The van der Waals surface area contributed by atoms with Gasteiger partial charge in [-0.25, -0.2) is 13.6 Å². The Kier molecular flexibility index (Phi) is 3.85. The molecular weight excluding hydrogens is 308 g/mol. The van der Waals surface area contributed by atoms with Crippen LogP contribution in [0.2, 0.25) is 0 Å². The molecule has 2 heterocycles. The number of aryl methyl sites for hydroxylation is 2. The third-order valence-corrected chi connectivity index (χ3v) is 5.68. The fraction of sp³-hybridized carbons (Fsp3) is 0.538. The first kappa shape index (κ1) is 14.7. The molecule has 6 nitrogen and oxygen atoms in total. The number of hydrogen-bond acceptors (Lipinski definition) is 5. The number of thiophene rings is 1. The van der Waals surface area contributed by atoms with Crippen LogP contribution >= 0.6 is 11.3 Å². The number of primary sulfonamides is 1. The van der Waals surface area contributed by atoms with E-state index in [1.807, 2.05) is 6.92 Å². The van der Waals surface area contributed by atoms with E-state index in [0.717, 1.165) is 24.1 Å². The van der Waals surface area contributed by atoms with E-state index in [-0.39, 0.29) is 5.16 Å². The summed E-state index contributed by atoms with van der Waals surface area (Å²) in [5.74, 6) is 0.611. The zero-order valence-electron chi connectivity index (χ0n) is 11.9. The van der Waals surface area contributed by atoms with Gasteiger partial charge in [0.05, 0.1) is 4.88 Å². The van der Waals surface area contributed by atoms with Gasteiger partial charge in [0.2, 0.25) is 0 Å². The quantitative estimate of drug-likeness (QED) is 0.929. The van der Waals surface area contributed by atoms with E-state index in [0.29, 0.717) is 12.4 Å². The van der Waals surface area contributed by atoms with Gasteiger partial charge in [0.15, 0.2) is 5.82 Å². The lowest BCUT2D eigenvalue weighted by molar-refractivity contribution is 0.560. The molecule has 0 aromatic carbocycles. The van der Waals surface area contributed by atoms with Crippen molar-refractivity contribution in [1.82, 2.24) is 14.8 Å². The molecule has 0 fully saturated rings. The smallest absolute Gasteiger partial charge is 0.273 e. The topological polar surface area (TPSA) is 90.9 Å². The Morgan fingerprint density at radius 1 is 1.33 bits per heavy atom. The maximum Gasteiger partial charge on any atom is 0.273 e. The molecule has 0 bridgehead atoms. The van der Waals surface area contributed by atoms with Gasteiger partial charge in [0, 0.05) is 11.4 Å². The summed E-state index contributed by atoms with van der Waals surface area (Å²) >= 11 is 1.69. The third-order valence-electron chi connectivity index (χ3n) is 3.64. The SMILES string of the molecule is CCCn1c(-c2cc3c(s2)CCCC3)nnc1S(N)(=O)=O. The highest BCUT2D eigenvalue weighted by molar-refractivity contribution is 7.89. The van der Waals surface area contributed by atoms with Gasteiger partial charge >= 0.3 is 0 Å². The maximum atomic E-state index is 11.6. The Balaban J connectivity index is 2.10. The fourth-order valence-electron chi connectivity index (χ4n) is 2.71. The molecule has 0 spiro atoms. The molecular formula is C13H18N4O2S2. The van der Waals surface area contributed by atoms with Crippen molar-refractivity contribution in [3.05, 3.63) is 16.5 Å². The minimum Gasteiger partial charge on any atom is -0.296 e. The van der Waals surface area contributed by atoms with E-state index < -0.39 is 10.0 Å². The van der Waals surface area contributed by atoms with Crippen molar-refractivity contribution in [2.24, 2.45) is 5.14 Å². The first-order chi connectivity index (χ1) is 10.0. The summed E-state index contributed by atoms with van der Waals surface area (Å²) < 4.78 is 24.9. The molecule has 114 valence electrons. The molecule has 0 amide bonds. The highest BCUT2D eigenvalue weighted by Crippen LogP contribution is 2.35. The Labute approximate surface area is 128 Å². The van der Waals surface area contributed by atoms with Crippen LogP contribution in [0.15, 0.2) is 11.2 Å². The highest BCUT2D eigenvalue weighted by atomic mass is 32.2. The molecule has 3 rings (SSSR count). The Morgan fingerprint density at radius 3 is 2.76 bits per heavy atom. The standard InChI is InChI=1S/C13H18N4O2S2/c1-2-7-17-12(15-16-13(17)21(14,18)19)11-8-9-5-3-4-6-10(9)20-11/h8H,2-7H2,1H3,(H2,14,18,19). The van der Waals surface area contributed by atoms with Crippen molar-refractivity contribution in [3.63, 3.8) is 0 Å². The summed E-state index contributed by atoms with van der Waals surface area (Å²) in [6, 6.07) is 2.13. The first-order valence-corrected chi connectivity index (χ1v) is 9.45. The number of hydrogen-bond donors (Lipinski definition) is 1. The van der Waals surface area contributed by atoms with Crippen LogP contribution in [0.5, 0.6) is 0 Å². The lowest BCUT2D eigenvalue weighted by Gasteiger charge is -2.08. The molecule has 2 aromatic heterocycles. The average molecular weight is 326 g/mol. The van der Waals surface area contributed by atoms with Crippen LogP contribution in [0.1, 0.15) is 36.6 Å². The second kappa shape index (κ2) is 5.51. The van der Waals surface area contributed by atoms with Crippen LogP contribution in [0, 0.1) is 0 Å². The number of sulfonamides is 1. The predicted octanol–water partition coefficient (Wildman–Crippen LogP) is 1.94. The molecule has 0 unspecified atom stereocenters. The summed E-state index contributed by atoms with van der Waals surface area (Å²) in [6.07, 6.45) is 5.42. The van der Waals surface area contributed by atoms with Crippen LogP contribution in [0.3, 0.4) is 0 Å². The minimum atomic E-state index is -3.85. The monoisotopic (exact) mass is 326 g/mol. The number of rotatable bonds is 4. The molecule has 0 atom stereocenters. The van der Waals surface area contributed by atoms with Crippen LogP contribution in [0.4, 0.5) is 0 Å². The van der Waals surface area contributed by atoms with E-state index in [9.17, 15) is 8.42 Å². The Hall–Kier alpha value is -1.25. The van der Waals surface area contributed by atoms with Crippen molar-refractivity contribution in [2.45, 2.75) is 50.7 Å². The second-order valence-corrected chi connectivity index (χ2v) is 7.86. The number of aromatic nitrogens is 3.